The van der Waals surface area contributed by atoms with Crippen molar-refractivity contribution in [1.29, 1.82) is 0 Å². The van der Waals surface area contributed by atoms with Gasteiger partial charge in [-0.25, -0.2) is 0 Å². The molecular formula is C14H18N2O2. The van der Waals surface area contributed by atoms with Crippen molar-refractivity contribution < 1.29 is 9.63 Å². The van der Waals surface area contributed by atoms with Crippen molar-refractivity contribution in [2.45, 2.75) is 33.8 Å². The van der Waals surface area contributed by atoms with E-state index in [1.54, 1.807) is 0 Å². The first-order chi connectivity index (χ1) is 8.41. The Morgan fingerprint density at radius 3 is 2.28 bits per heavy atom. The number of nitrogens with two attached hydrogens (primary N) is 1. The van der Waals surface area contributed by atoms with E-state index in [1.807, 2.05) is 20.8 Å². The number of primary amides is 1. The molecule has 1 aliphatic heterocycles. The van der Waals surface area contributed by atoms with Crippen LogP contribution < -0.4 is 5.73 Å². The van der Waals surface area contributed by atoms with Crippen LogP contribution in [-0.4, -0.2) is 17.7 Å². The molecule has 0 saturated carbocycles. The Bertz CT molecular complexity index is 512. The van der Waals surface area contributed by atoms with Gasteiger partial charge in [-0.15, -0.1) is 0 Å². The number of nitrogens with zero attached hydrogens (tertiary/aromatic N) is 1. The molecule has 0 unspecified atom stereocenters. The summed E-state index contributed by atoms with van der Waals surface area (Å²) in [5.74, 6) is -0.578. The first-order valence-electron chi connectivity index (χ1n) is 6.03. The zero-order chi connectivity index (χ0) is 13.4. The van der Waals surface area contributed by atoms with E-state index in [0.29, 0.717) is 0 Å². The zero-order valence-electron chi connectivity index (χ0n) is 11.2. The minimum atomic E-state index is -0.653. The summed E-state index contributed by atoms with van der Waals surface area (Å²) >= 11 is 0. The molecule has 0 bridgehead atoms. The van der Waals surface area contributed by atoms with E-state index >= 15 is 0 Å². The normalized spacial score (nSPS) is 22.6. The average molecular weight is 246 g/mol. The van der Waals surface area contributed by atoms with Gasteiger partial charge >= 0.3 is 0 Å². The molecule has 0 aromatic heterocycles. The lowest BCUT2D eigenvalue weighted by Crippen LogP contribution is -2.35. The standard InChI is InChI=1S/C14H18N2O2/c1-7-5-8(2)11(9(3)6-7)12-10(4)13(14(15)17)18-16-12/h5-6,10,13H,1-4H3,(H2,15,17)/t10-,13-/m1/s1. The third-order valence-electron chi connectivity index (χ3n) is 3.36. The number of rotatable bonds is 2. The summed E-state index contributed by atoms with van der Waals surface area (Å²) in [5, 5.41) is 4.06. The first-order valence-corrected chi connectivity index (χ1v) is 6.03. The number of benzene rings is 1. The highest BCUT2D eigenvalue weighted by Crippen LogP contribution is 2.27. The van der Waals surface area contributed by atoms with Gasteiger partial charge in [0.2, 0.25) is 6.10 Å². The molecule has 4 nitrogen and oxygen atoms in total. The molecule has 2 rings (SSSR count). The molecular weight excluding hydrogens is 228 g/mol. The van der Waals surface area contributed by atoms with Crippen molar-refractivity contribution in [3.63, 3.8) is 0 Å². The van der Waals surface area contributed by atoms with Crippen LogP contribution in [0.4, 0.5) is 0 Å². The third-order valence-corrected chi connectivity index (χ3v) is 3.36. The molecule has 1 aromatic carbocycles. The predicted molar refractivity (Wildman–Crippen MR) is 70.4 cm³/mol. The fourth-order valence-corrected chi connectivity index (χ4v) is 2.59. The summed E-state index contributed by atoms with van der Waals surface area (Å²) in [6.07, 6.45) is -0.653. The van der Waals surface area contributed by atoms with Crippen molar-refractivity contribution in [2.75, 3.05) is 0 Å². The molecule has 0 radical (unpaired) electrons. The van der Waals surface area contributed by atoms with Gasteiger partial charge < -0.3 is 10.6 Å². The fraction of sp³-hybridized carbons (Fsp3) is 0.429. The quantitative estimate of drug-likeness (QED) is 0.865. The van der Waals surface area contributed by atoms with Gasteiger partial charge in [0, 0.05) is 5.56 Å². The molecule has 0 fully saturated rings. The van der Waals surface area contributed by atoms with E-state index in [-0.39, 0.29) is 5.92 Å². The van der Waals surface area contributed by atoms with Gasteiger partial charge in [0.15, 0.2) is 0 Å². The second-order valence-corrected chi connectivity index (χ2v) is 4.97. The maximum atomic E-state index is 11.2. The summed E-state index contributed by atoms with van der Waals surface area (Å²) in [7, 11) is 0. The Morgan fingerprint density at radius 1 is 1.28 bits per heavy atom. The Morgan fingerprint density at radius 2 is 1.83 bits per heavy atom. The number of carbonyl (C=O) groups is 1. The molecule has 18 heavy (non-hydrogen) atoms. The highest BCUT2D eigenvalue weighted by Gasteiger charge is 2.36. The predicted octanol–water partition coefficient (Wildman–Crippen LogP) is 1.84. The van der Waals surface area contributed by atoms with Gasteiger partial charge in [0.05, 0.1) is 11.6 Å². The van der Waals surface area contributed by atoms with Gasteiger partial charge in [-0.05, 0) is 31.9 Å². The summed E-state index contributed by atoms with van der Waals surface area (Å²) in [5.41, 5.74) is 10.7. The second-order valence-electron chi connectivity index (χ2n) is 4.97. The molecule has 96 valence electrons. The molecule has 1 amide bonds. The second kappa shape index (κ2) is 4.44. The van der Waals surface area contributed by atoms with E-state index in [0.717, 1.165) is 22.4 Å². The summed E-state index contributed by atoms with van der Waals surface area (Å²) in [6.45, 7) is 8.07. The number of oxime groups is 1. The number of hydrogen-bond donors (Lipinski definition) is 1. The van der Waals surface area contributed by atoms with Crippen LogP contribution in [0.2, 0.25) is 0 Å². The van der Waals surface area contributed by atoms with E-state index in [2.05, 4.69) is 24.2 Å². The smallest absolute Gasteiger partial charge is 0.262 e. The van der Waals surface area contributed by atoms with Crippen molar-refractivity contribution in [3.8, 4) is 0 Å². The molecule has 1 aromatic rings. The van der Waals surface area contributed by atoms with Crippen LogP contribution in [-0.2, 0) is 9.63 Å². The Kier molecular flexibility index (Phi) is 3.11. The van der Waals surface area contributed by atoms with E-state index in [4.69, 9.17) is 10.6 Å². The van der Waals surface area contributed by atoms with Crippen LogP contribution in [0.3, 0.4) is 0 Å². The van der Waals surface area contributed by atoms with Crippen LogP contribution >= 0.6 is 0 Å². The summed E-state index contributed by atoms with van der Waals surface area (Å²) in [6, 6.07) is 4.21. The van der Waals surface area contributed by atoms with Crippen LogP contribution in [0.1, 0.15) is 29.2 Å². The van der Waals surface area contributed by atoms with Crippen LogP contribution in [0.5, 0.6) is 0 Å². The largest absolute Gasteiger partial charge is 0.381 e. The van der Waals surface area contributed by atoms with Crippen molar-refractivity contribution in [1.82, 2.24) is 0 Å². The molecule has 0 spiro atoms. The molecule has 1 aliphatic rings. The van der Waals surface area contributed by atoms with Gasteiger partial charge in [-0.2, -0.15) is 0 Å². The Balaban J connectivity index is 2.43. The van der Waals surface area contributed by atoms with Crippen molar-refractivity contribution in [2.24, 2.45) is 16.8 Å². The molecule has 4 heteroatoms. The molecule has 2 atom stereocenters. The topological polar surface area (TPSA) is 64.7 Å². The number of hydrogen-bond acceptors (Lipinski definition) is 3. The maximum absolute atomic E-state index is 11.2. The molecule has 0 aliphatic carbocycles. The number of amides is 1. The number of carbonyl (C=O) groups excluding carboxylic acids is 1. The van der Waals surface area contributed by atoms with Gasteiger partial charge in [-0.1, -0.05) is 29.8 Å². The molecule has 1 heterocycles. The van der Waals surface area contributed by atoms with Crippen LogP contribution in [0.15, 0.2) is 17.3 Å². The highest BCUT2D eigenvalue weighted by atomic mass is 16.6. The van der Waals surface area contributed by atoms with Crippen molar-refractivity contribution >= 4 is 11.6 Å². The monoisotopic (exact) mass is 246 g/mol. The van der Waals surface area contributed by atoms with Crippen molar-refractivity contribution in [3.05, 3.63) is 34.4 Å². The van der Waals surface area contributed by atoms with E-state index < -0.39 is 12.0 Å². The van der Waals surface area contributed by atoms with Gasteiger partial charge in [0.1, 0.15) is 0 Å². The summed E-state index contributed by atoms with van der Waals surface area (Å²) < 4.78 is 0. The minimum absolute atomic E-state index is 0.109. The lowest BCUT2D eigenvalue weighted by Gasteiger charge is -2.15. The maximum Gasteiger partial charge on any atom is 0.262 e. The Hall–Kier alpha value is -1.84. The lowest BCUT2D eigenvalue weighted by molar-refractivity contribution is -0.129. The molecule has 2 N–H and O–H groups in total. The Labute approximate surface area is 107 Å². The fourth-order valence-electron chi connectivity index (χ4n) is 2.59. The SMILES string of the molecule is Cc1cc(C)c(C2=NO[C@@H](C(N)=O)[C@@H]2C)c(C)c1. The van der Waals surface area contributed by atoms with E-state index in [1.165, 1.54) is 5.56 Å². The minimum Gasteiger partial charge on any atom is -0.381 e. The number of aryl methyl sites for hydroxylation is 3. The van der Waals surface area contributed by atoms with E-state index in [9.17, 15) is 4.79 Å². The zero-order valence-corrected chi connectivity index (χ0v) is 11.2. The lowest BCUT2D eigenvalue weighted by atomic mass is 9.88. The average Bonchev–Trinajstić information content (AvgIpc) is 2.59. The summed E-state index contributed by atoms with van der Waals surface area (Å²) in [4.78, 5) is 16.4. The highest BCUT2D eigenvalue weighted by molar-refractivity contribution is 6.07. The van der Waals surface area contributed by atoms with Crippen LogP contribution in [0, 0.1) is 26.7 Å². The third kappa shape index (κ3) is 1.98. The molecule has 0 saturated heterocycles. The van der Waals surface area contributed by atoms with Crippen LogP contribution in [0.25, 0.3) is 0 Å². The van der Waals surface area contributed by atoms with Gasteiger partial charge in [0.25, 0.3) is 5.91 Å². The first kappa shape index (κ1) is 12.6. The van der Waals surface area contributed by atoms with Gasteiger partial charge in [-0.3, -0.25) is 4.79 Å².